The normalized spacial score (nSPS) is 11.1. The number of rotatable bonds is 2. The maximum atomic E-state index is 11.6. The minimum Gasteiger partial charge on any atom is -0.341 e. The first-order chi connectivity index (χ1) is 8.08. The van der Waals surface area contributed by atoms with Crippen LogP contribution in [0.5, 0.6) is 0 Å². The highest BCUT2D eigenvalue weighted by Crippen LogP contribution is 2.15. The van der Waals surface area contributed by atoms with Gasteiger partial charge in [-0.1, -0.05) is 12.1 Å². The Morgan fingerprint density at radius 2 is 1.88 bits per heavy atom. The molecule has 88 valence electrons. The van der Waals surface area contributed by atoms with Crippen molar-refractivity contribution in [3.63, 3.8) is 0 Å². The Balaban J connectivity index is 2.75. The summed E-state index contributed by atoms with van der Waals surface area (Å²) in [5, 5.41) is 13.2. The number of amides is 3. The Labute approximate surface area is 99.4 Å². The molecule has 3 amide bonds. The average molecular weight is 231 g/mol. The van der Waals surface area contributed by atoms with Gasteiger partial charge in [0.2, 0.25) is 5.91 Å². The minimum atomic E-state index is -0.532. The van der Waals surface area contributed by atoms with E-state index in [1.165, 1.54) is 7.05 Å². The molecule has 17 heavy (non-hydrogen) atoms. The van der Waals surface area contributed by atoms with Crippen molar-refractivity contribution < 1.29 is 9.59 Å². The van der Waals surface area contributed by atoms with Gasteiger partial charge in [0.25, 0.3) is 0 Å². The fraction of sp³-hybridized carbons (Fsp3) is 0.250. The molecule has 0 heterocycles. The van der Waals surface area contributed by atoms with E-state index in [1.807, 2.05) is 6.07 Å². The van der Waals surface area contributed by atoms with Crippen molar-refractivity contribution in [3.05, 3.63) is 35.4 Å². The van der Waals surface area contributed by atoms with Gasteiger partial charge >= 0.3 is 6.03 Å². The summed E-state index contributed by atoms with van der Waals surface area (Å²) in [6.07, 6.45) is 0. The van der Waals surface area contributed by atoms with Crippen LogP contribution in [-0.4, -0.2) is 19.0 Å². The van der Waals surface area contributed by atoms with Gasteiger partial charge in [0, 0.05) is 7.05 Å². The Morgan fingerprint density at radius 1 is 1.29 bits per heavy atom. The van der Waals surface area contributed by atoms with Crippen molar-refractivity contribution in [3.8, 4) is 6.07 Å². The van der Waals surface area contributed by atoms with E-state index in [9.17, 15) is 9.59 Å². The van der Waals surface area contributed by atoms with E-state index >= 15 is 0 Å². The smallest absolute Gasteiger partial charge is 0.321 e. The second-order valence-corrected chi connectivity index (χ2v) is 3.52. The zero-order chi connectivity index (χ0) is 12.8. The molecule has 1 atom stereocenters. The van der Waals surface area contributed by atoms with Gasteiger partial charge in [-0.2, -0.15) is 5.26 Å². The zero-order valence-corrected chi connectivity index (χ0v) is 9.65. The van der Waals surface area contributed by atoms with Gasteiger partial charge < -0.3 is 5.32 Å². The zero-order valence-electron chi connectivity index (χ0n) is 9.65. The summed E-state index contributed by atoms with van der Waals surface area (Å²) in [4.78, 5) is 22.6. The highest BCUT2D eigenvalue weighted by Gasteiger charge is 2.16. The molecule has 0 aliphatic rings. The number of carbonyl (C=O) groups is 2. The summed E-state index contributed by atoms with van der Waals surface area (Å²) < 4.78 is 0. The van der Waals surface area contributed by atoms with Crippen molar-refractivity contribution in [1.29, 1.82) is 5.26 Å². The predicted octanol–water partition coefficient (Wildman–Crippen LogP) is 1.12. The first-order valence-corrected chi connectivity index (χ1v) is 5.11. The third-order valence-corrected chi connectivity index (χ3v) is 2.40. The van der Waals surface area contributed by atoms with Crippen LogP contribution in [0.2, 0.25) is 0 Å². The molecule has 5 nitrogen and oxygen atoms in total. The van der Waals surface area contributed by atoms with E-state index in [2.05, 4.69) is 10.6 Å². The molecule has 0 spiro atoms. The summed E-state index contributed by atoms with van der Waals surface area (Å²) in [5.41, 5.74) is 1.29. The molecule has 0 bridgehead atoms. The van der Waals surface area contributed by atoms with Crippen LogP contribution in [0.25, 0.3) is 0 Å². The molecule has 1 unspecified atom stereocenters. The number of urea groups is 1. The Kier molecular flexibility index (Phi) is 4.23. The number of hydrogen-bond acceptors (Lipinski definition) is 3. The summed E-state index contributed by atoms with van der Waals surface area (Å²) in [6.45, 7) is 1.69. The molecular weight excluding hydrogens is 218 g/mol. The molecule has 0 fully saturated rings. The van der Waals surface area contributed by atoms with Crippen LogP contribution in [0.15, 0.2) is 24.3 Å². The fourth-order valence-corrected chi connectivity index (χ4v) is 1.28. The Morgan fingerprint density at radius 3 is 2.35 bits per heavy atom. The van der Waals surface area contributed by atoms with Crippen LogP contribution in [-0.2, 0) is 4.79 Å². The quantitative estimate of drug-likeness (QED) is 0.800. The molecule has 0 aromatic heterocycles. The molecule has 1 aromatic rings. The van der Waals surface area contributed by atoms with Crippen LogP contribution in [0.3, 0.4) is 0 Å². The van der Waals surface area contributed by atoms with Gasteiger partial charge in [0.15, 0.2) is 0 Å². The first kappa shape index (κ1) is 12.7. The van der Waals surface area contributed by atoms with Gasteiger partial charge in [0.05, 0.1) is 17.6 Å². The van der Waals surface area contributed by atoms with E-state index in [0.717, 1.165) is 5.56 Å². The number of nitriles is 1. The largest absolute Gasteiger partial charge is 0.341 e. The molecule has 1 aromatic carbocycles. The maximum absolute atomic E-state index is 11.6. The van der Waals surface area contributed by atoms with Crippen molar-refractivity contribution >= 4 is 11.9 Å². The SMILES string of the molecule is CNC(=O)NC(=O)C(C)c1ccc(C#N)cc1. The molecule has 5 heteroatoms. The minimum absolute atomic E-state index is 0.381. The van der Waals surface area contributed by atoms with E-state index in [1.54, 1.807) is 31.2 Å². The summed E-state index contributed by atoms with van der Waals surface area (Å²) in [5.74, 6) is -0.825. The van der Waals surface area contributed by atoms with E-state index in [4.69, 9.17) is 5.26 Å². The lowest BCUT2D eigenvalue weighted by atomic mass is 9.99. The van der Waals surface area contributed by atoms with Crippen LogP contribution in [0.4, 0.5) is 4.79 Å². The molecule has 0 aliphatic heterocycles. The van der Waals surface area contributed by atoms with Crippen molar-refractivity contribution in [2.75, 3.05) is 7.05 Å². The molecule has 2 N–H and O–H groups in total. The van der Waals surface area contributed by atoms with Gasteiger partial charge in [-0.3, -0.25) is 10.1 Å². The molecule has 0 aliphatic carbocycles. The number of nitrogens with one attached hydrogen (secondary N) is 2. The van der Waals surface area contributed by atoms with Crippen LogP contribution < -0.4 is 10.6 Å². The van der Waals surface area contributed by atoms with Crippen LogP contribution in [0.1, 0.15) is 24.0 Å². The number of benzene rings is 1. The van der Waals surface area contributed by atoms with Crippen LogP contribution >= 0.6 is 0 Å². The topological polar surface area (TPSA) is 82.0 Å². The average Bonchev–Trinajstić information content (AvgIpc) is 2.37. The third-order valence-electron chi connectivity index (χ3n) is 2.40. The van der Waals surface area contributed by atoms with E-state index in [-0.39, 0.29) is 5.91 Å². The van der Waals surface area contributed by atoms with E-state index in [0.29, 0.717) is 5.56 Å². The van der Waals surface area contributed by atoms with Gasteiger partial charge in [-0.25, -0.2) is 4.79 Å². The summed E-state index contributed by atoms with van der Waals surface area (Å²) in [6, 6.07) is 8.14. The maximum Gasteiger partial charge on any atom is 0.321 e. The summed E-state index contributed by atoms with van der Waals surface area (Å²) in [7, 11) is 1.44. The van der Waals surface area contributed by atoms with Crippen LogP contribution in [0, 0.1) is 11.3 Å². The summed E-state index contributed by atoms with van der Waals surface area (Å²) >= 11 is 0. The predicted molar refractivity (Wildman–Crippen MR) is 62.2 cm³/mol. The number of imide groups is 1. The monoisotopic (exact) mass is 231 g/mol. The number of nitrogens with zero attached hydrogens (tertiary/aromatic N) is 1. The van der Waals surface area contributed by atoms with E-state index < -0.39 is 11.9 Å². The Hall–Kier alpha value is -2.35. The Bertz CT molecular complexity index is 460. The van der Waals surface area contributed by atoms with Crippen molar-refractivity contribution in [2.45, 2.75) is 12.8 Å². The lowest BCUT2D eigenvalue weighted by molar-refractivity contribution is -0.121. The molecular formula is C12H13N3O2. The highest BCUT2D eigenvalue weighted by atomic mass is 16.2. The molecule has 1 rings (SSSR count). The van der Waals surface area contributed by atoms with Gasteiger partial charge in [-0.15, -0.1) is 0 Å². The lowest BCUT2D eigenvalue weighted by Crippen LogP contribution is -2.39. The number of carbonyl (C=O) groups excluding carboxylic acids is 2. The number of hydrogen-bond donors (Lipinski definition) is 2. The molecule has 0 radical (unpaired) electrons. The second kappa shape index (κ2) is 5.66. The first-order valence-electron chi connectivity index (χ1n) is 5.11. The van der Waals surface area contributed by atoms with Gasteiger partial charge in [0.1, 0.15) is 0 Å². The highest BCUT2D eigenvalue weighted by molar-refractivity contribution is 5.97. The standard InChI is InChI=1S/C12H13N3O2/c1-8(11(16)15-12(17)14-2)10-5-3-9(7-13)4-6-10/h3-6,8H,1-2H3,(H2,14,15,16,17). The third kappa shape index (κ3) is 3.31. The van der Waals surface area contributed by atoms with Gasteiger partial charge in [-0.05, 0) is 24.6 Å². The molecule has 0 saturated carbocycles. The fourth-order valence-electron chi connectivity index (χ4n) is 1.28. The van der Waals surface area contributed by atoms with Crippen molar-refractivity contribution in [1.82, 2.24) is 10.6 Å². The lowest BCUT2D eigenvalue weighted by Gasteiger charge is -2.11. The van der Waals surface area contributed by atoms with Crippen molar-refractivity contribution in [2.24, 2.45) is 0 Å². The molecule has 0 saturated heterocycles. The second-order valence-electron chi connectivity index (χ2n) is 3.52.